The number of benzene rings is 1. The third kappa shape index (κ3) is 2.10. The first-order chi connectivity index (χ1) is 9.33. The van der Waals surface area contributed by atoms with Gasteiger partial charge in [-0.2, -0.15) is 4.98 Å². The molecule has 1 atom stereocenters. The molecule has 2 aromatic rings. The summed E-state index contributed by atoms with van der Waals surface area (Å²) in [5.41, 5.74) is 1.85. The minimum atomic E-state index is 0.279. The molecule has 0 aliphatic carbocycles. The van der Waals surface area contributed by atoms with Crippen LogP contribution in [-0.4, -0.2) is 37.1 Å². The third-order valence-corrected chi connectivity index (χ3v) is 3.51. The van der Waals surface area contributed by atoms with Crippen molar-refractivity contribution in [3.8, 4) is 0 Å². The molecule has 1 saturated heterocycles. The molecule has 3 rings (SSSR count). The smallest absolute Gasteiger partial charge is 0.298 e. The number of carbonyl (C=O) groups is 1. The Morgan fingerprint density at radius 2 is 2.42 bits per heavy atom. The normalized spacial score (nSPS) is 19.8. The molecule has 2 heterocycles. The number of para-hydroxylation sites is 1. The fourth-order valence-electron chi connectivity index (χ4n) is 2.42. The summed E-state index contributed by atoms with van der Waals surface area (Å²) in [5, 5.41) is 0. The Morgan fingerprint density at radius 3 is 3.21 bits per heavy atom. The highest BCUT2D eigenvalue weighted by atomic mass is 16.5. The van der Waals surface area contributed by atoms with Gasteiger partial charge in [0.2, 0.25) is 0 Å². The summed E-state index contributed by atoms with van der Waals surface area (Å²) in [6.45, 7) is 4.25. The van der Waals surface area contributed by atoms with E-state index in [0.29, 0.717) is 35.9 Å². The molecule has 100 valence electrons. The van der Waals surface area contributed by atoms with Gasteiger partial charge in [-0.05, 0) is 18.6 Å². The maximum atomic E-state index is 11.0. The van der Waals surface area contributed by atoms with Crippen LogP contribution in [0, 0.1) is 0 Å². The van der Waals surface area contributed by atoms with Crippen molar-refractivity contribution < 1.29 is 13.9 Å². The number of anilines is 1. The first-order valence-corrected chi connectivity index (χ1v) is 6.52. The summed E-state index contributed by atoms with van der Waals surface area (Å²) in [5.74, 6) is 0. The van der Waals surface area contributed by atoms with Crippen LogP contribution < -0.4 is 4.90 Å². The van der Waals surface area contributed by atoms with Crippen molar-refractivity contribution in [1.29, 1.82) is 0 Å². The summed E-state index contributed by atoms with van der Waals surface area (Å²) < 4.78 is 11.3. The van der Waals surface area contributed by atoms with Crippen molar-refractivity contribution in [3.05, 3.63) is 23.8 Å². The van der Waals surface area contributed by atoms with Crippen molar-refractivity contribution >= 4 is 23.4 Å². The number of fused-ring (bicyclic) bond motifs is 1. The lowest BCUT2D eigenvalue weighted by Gasteiger charge is -2.33. The minimum Gasteiger partial charge on any atom is -0.423 e. The van der Waals surface area contributed by atoms with Crippen LogP contribution in [0.15, 0.2) is 22.6 Å². The van der Waals surface area contributed by atoms with E-state index in [-0.39, 0.29) is 6.04 Å². The average Bonchev–Trinajstić information content (AvgIpc) is 2.90. The van der Waals surface area contributed by atoms with Crippen LogP contribution in [0.25, 0.3) is 11.1 Å². The maximum Gasteiger partial charge on any atom is 0.298 e. The van der Waals surface area contributed by atoms with Gasteiger partial charge in [0.1, 0.15) is 5.52 Å². The number of rotatable bonds is 3. The topological polar surface area (TPSA) is 55.6 Å². The number of ether oxygens (including phenoxy) is 1. The predicted molar refractivity (Wildman–Crippen MR) is 71.6 cm³/mol. The second kappa shape index (κ2) is 5.01. The van der Waals surface area contributed by atoms with Crippen LogP contribution in [-0.2, 0) is 4.74 Å². The molecule has 5 nitrogen and oxygen atoms in total. The third-order valence-electron chi connectivity index (χ3n) is 3.51. The van der Waals surface area contributed by atoms with Gasteiger partial charge in [0, 0.05) is 12.1 Å². The monoisotopic (exact) mass is 260 g/mol. The summed E-state index contributed by atoms with van der Waals surface area (Å²) in [4.78, 5) is 17.6. The lowest BCUT2D eigenvalue weighted by molar-refractivity contribution is 0.0903. The second-order valence-corrected chi connectivity index (χ2v) is 4.64. The number of morpholine rings is 1. The highest BCUT2D eigenvalue weighted by Crippen LogP contribution is 2.26. The van der Waals surface area contributed by atoms with Gasteiger partial charge in [0.05, 0.1) is 19.3 Å². The molecule has 1 aromatic heterocycles. The highest BCUT2D eigenvalue weighted by Gasteiger charge is 2.26. The average molecular weight is 260 g/mol. The Bertz CT molecular complexity index is 593. The van der Waals surface area contributed by atoms with Crippen molar-refractivity contribution in [2.45, 2.75) is 19.4 Å². The van der Waals surface area contributed by atoms with E-state index in [9.17, 15) is 4.79 Å². The van der Waals surface area contributed by atoms with Crippen molar-refractivity contribution in [2.75, 3.05) is 24.7 Å². The van der Waals surface area contributed by atoms with Gasteiger partial charge >= 0.3 is 0 Å². The van der Waals surface area contributed by atoms with Crippen LogP contribution in [0.4, 0.5) is 6.01 Å². The van der Waals surface area contributed by atoms with Gasteiger partial charge in [-0.1, -0.05) is 13.0 Å². The van der Waals surface area contributed by atoms with Crippen LogP contribution in [0.5, 0.6) is 0 Å². The molecule has 0 spiro atoms. The first-order valence-electron chi connectivity index (χ1n) is 6.52. The number of carbonyl (C=O) groups excluding carboxylic acids is 1. The Balaban J connectivity index is 2.02. The molecular weight excluding hydrogens is 244 g/mol. The van der Waals surface area contributed by atoms with E-state index in [1.54, 1.807) is 12.1 Å². The van der Waals surface area contributed by atoms with Gasteiger partial charge in [-0.25, -0.2) is 0 Å². The molecule has 1 aliphatic rings. The number of hydrogen-bond acceptors (Lipinski definition) is 5. The Kier molecular flexibility index (Phi) is 3.21. The molecule has 0 bridgehead atoms. The fraction of sp³-hybridized carbons (Fsp3) is 0.429. The van der Waals surface area contributed by atoms with Crippen LogP contribution >= 0.6 is 0 Å². The lowest BCUT2D eigenvalue weighted by atomic mass is 10.2. The number of hydrogen-bond donors (Lipinski definition) is 0. The van der Waals surface area contributed by atoms with Gasteiger partial charge in [-0.3, -0.25) is 4.79 Å². The highest BCUT2D eigenvalue weighted by molar-refractivity contribution is 5.93. The Morgan fingerprint density at radius 1 is 1.53 bits per heavy atom. The van der Waals surface area contributed by atoms with E-state index in [0.717, 1.165) is 19.3 Å². The first kappa shape index (κ1) is 12.2. The van der Waals surface area contributed by atoms with E-state index in [2.05, 4.69) is 16.8 Å². The van der Waals surface area contributed by atoms with Gasteiger partial charge in [0.25, 0.3) is 6.01 Å². The summed E-state index contributed by atoms with van der Waals surface area (Å²) >= 11 is 0. The number of aromatic nitrogens is 1. The van der Waals surface area contributed by atoms with Crippen LogP contribution in [0.3, 0.4) is 0 Å². The van der Waals surface area contributed by atoms with E-state index in [1.165, 1.54) is 0 Å². The molecular formula is C14H16N2O3. The molecule has 0 saturated carbocycles. The molecule has 0 amide bonds. The van der Waals surface area contributed by atoms with Crippen molar-refractivity contribution in [3.63, 3.8) is 0 Å². The molecule has 1 aromatic carbocycles. The molecule has 0 radical (unpaired) electrons. The standard InChI is InChI=1S/C14H16N2O3/c1-2-11-9-18-7-6-16(11)14-15-13-10(8-17)4-3-5-12(13)19-14/h3-5,8,11H,2,6-7,9H2,1H3. The Hall–Kier alpha value is -1.88. The number of oxazole rings is 1. The van der Waals surface area contributed by atoms with E-state index >= 15 is 0 Å². The number of aldehydes is 1. The quantitative estimate of drug-likeness (QED) is 0.792. The van der Waals surface area contributed by atoms with Gasteiger partial charge in [-0.15, -0.1) is 0 Å². The minimum absolute atomic E-state index is 0.279. The molecule has 1 unspecified atom stereocenters. The second-order valence-electron chi connectivity index (χ2n) is 4.64. The molecule has 1 aliphatic heterocycles. The van der Waals surface area contributed by atoms with Crippen LogP contribution in [0.2, 0.25) is 0 Å². The summed E-state index contributed by atoms with van der Waals surface area (Å²) in [6.07, 6.45) is 1.78. The van der Waals surface area contributed by atoms with E-state index in [1.807, 2.05) is 6.07 Å². The van der Waals surface area contributed by atoms with Crippen molar-refractivity contribution in [1.82, 2.24) is 4.98 Å². The molecule has 1 fully saturated rings. The largest absolute Gasteiger partial charge is 0.423 e. The predicted octanol–water partition coefficient (Wildman–Crippen LogP) is 2.26. The van der Waals surface area contributed by atoms with Crippen LogP contribution in [0.1, 0.15) is 23.7 Å². The van der Waals surface area contributed by atoms with Gasteiger partial charge in [0.15, 0.2) is 11.9 Å². The fourth-order valence-corrected chi connectivity index (χ4v) is 2.42. The molecule has 0 N–H and O–H groups in total. The molecule has 19 heavy (non-hydrogen) atoms. The number of nitrogens with zero attached hydrogens (tertiary/aromatic N) is 2. The summed E-state index contributed by atoms with van der Waals surface area (Å²) in [6, 6.07) is 6.25. The zero-order chi connectivity index (χ0) is 13.2. The maximum absolute atomic E-state index is 11.0. The molecule has 5 heteroatoms. The lowest BCUT2D eigenvalue weighted by Crippen LogP contribution is -2.45. The van der Waals surface area contributed by atoms with Crippen molar-refractivity contribution in [2.24, 2.45) is 0 Å². The zero-order valence-electron chi connectivity index (χ0n) is 10.8. The van der Waals surface area contributed by atoms with Gasteiger partial charge < -0.3 is 14.1 Å². The van der Waals surface area contributed by atoms with E-state index < -0.39 is 0 Å². The van der Waals surface area contributed by atoms with E-state index in [4.69, 9.17) is 9.15 Å². The zero-order valence-corrected chi connectivity index (χ0v) is 10.8. The SMILES string of the molecule is CCC1COCCN1c1nc2c(C=O)cccc2o1. The Labute approximate surface area is 111 Å². The summed E-state index contributed by atoms with van der Waals surface area (Å²) in [7, 11) is 0.